The van der Waals surface area contributed by atoms with Gasteiger partial charge >= 0.3 is 0 Å². The van der Waals surface area contributed by atoms with Crippen molar-refractivity contribution in [2.45, 2.75) is 19.8 Å². The second kappa shape index (κ2) is 5.41. The first-order valence-corrected chi connectivity index (χ1v) is 5.29. The van der Waals surface area contributed by atoms with E-state index in [2.05, 4.69) is 41.6 Å². The normalized spacial score (nSPS) is 9.83. The van der Waals surface area contributed by atoms with Crippen molar-refractivity contribution in [2.24, 2.45) is 0 Å². The van der Waals surface area contributed by atoms with Crippen LogP contribution in [-0.2, 0) is 0 Å². The summed E-state index contributed by atoms with van der Waals surface area (Å²) in [4.78, 5) is 0. The molecule has 0 saturated heterocycles. The molecule has 1 aromatic carbocycles. The van der Waals surface area contributed by atoms with Crippen molar-refractivity contribution in [3.63, 3.8) is 0 Å². The second-order valence-corrected chi connectivity index (χ2v) is 3.90. The summed E-state index contributed by atoms with van der Waals surface area (Å²) in [6.07, 6.45) is 2.32. The van der Waals surface area contributed by atoms with Crippen LogP contribution in [0.25, 0.3) is 0 Å². The van der Waals surface area contributed by atoms with Crippen LogP contribution in [0.1, 0.15) is 19.8 Å². The zero-order chi connectivity index (χ0) is 8.81. The molecule has 0 aliphatic rings. The van der Waals surface area contributed by atoms with Crippen LogP contribution in [0.3, 0.4) is 0 Å². The lowest BCUT2D eigenvalue weighted by atomic mass is 10.3. The molecule has 0 fully saturated rings. The van der Waals surface area contributed by atoms with E-state index in [0.29, 0.717) is 0 Å². The van der Waals surface area contributed by atoms with E-state index in [1.54, 1.807) is 0 Å². The van der Waals surface area contributed by atoms with Crippen LogP contribution < -0.4 is 4.74 Å². The molecule has 1 rings (SSSR count). The number of hydrogen-bond donors (Lipinski definition) is 0. The highest BCUT2D eigenvalue weighted by Gasteiger charge is 1.91. The number of ether oxygens (including phenoxy) is 1. The van der Waals surface area contributed by atoms with Gasteiger partial charge in [-0.3, -0.25) is 0 Å². The predicted molar refractivity (Wildman–Crippen MR) is 59.6 cm³/mol. The molecule has 0 saturated carbocycles. The van der Waals surface area contributed by atoms with Gasteiger partial charge in [0.2, 0.25) is 0 Å². The third-order valence-corrected chi connectivity index (χ3v) is 2.30. The van der Waals surface area contributed by atoms with Crippen LogP contribution >= 0.6 is 22.6 Å². The van der Waals surface area contributed by atoms with Crippen LogP contribution in [-0.4, -0.2) is 6.61 Å². The van der Waals surface area contributed by atoms with E-state index in [0.717, 1.165) is 18.8 Å². The van der Waals surface area contributed by atoms with Crippen molar-refractivity contribution >= 4 is 22.6 Å². The molecule has 0 atom stereocenters. The Morgan fingerprint density at radius 2 is 1.92 bits per heavy atom. The lowest BCUT2D eigenvalue weighted by Crippen LogP contribution is -1.95. The van der Waals surface area contributed by atoms with Gasteiger partial charge in [0, 0.05) is 3.57 Å². The Bertz CT molecular complexity index is 218. The first-order chi connectivity index (χ1) is 5.83. The quantitative estimate of drug-likeness (QED) is 0.604. The summed E-state index contributed by atoms with van der Waals surface area (Å²) in [6.45, 7) is 2.99. The Labute approximate surface area is 87.3 Å². The first-order valence-electron chi connectivity index (χ1n) is 4.21. The summed E-state index contributed by atoms with van der Waals surface area (Å²) in [5.74, 6) is 0.976. The van der Waals surface area contributed by atoms with Crippen molar-refractivity contribution in [3.05, 3.63) is 27.8 Å². The summed E-state index contributed by atoms with van der Waals surface area (Å²) in [5.41, 5.74) is 0. The van der Waals surface area contributed by atoms with E-state index in [-0.39, 0.29) is 0 Å². The lowest BCUT2D eigenvalue weighted by molar-refractivity contribution is 0.309. The molecule has 66 valence electrons. The van der Waals surface area contributed by atoms with E-state index in [4.69, 9.17) is 4.74 Å². The molecule has 0 heterocycles. The molecule has 2 heteroatoms. The van der Waals surface area contributed by atoms with Crippen molar-refractivity contribution in [1.29, 1.82) is 0 Å². The van der Waals surface area contributed by atoms with E-state index >= 15 is 0 Å². The highest BCUT2D eigenvalue weighted by atomic mass is 127. The van der Waals surface area contributed by atoms with Gasteiger partial charge in [0.15, 0.2) is 0 Å². The molecular formula is C10H13IO. The van der Waals surface area contributed by atoms with Crippen LogP contribution in [0.5, 0.6) is 5.75 Å². The van der Waals surface area contributed by atoms with Crippen LogP contribution in [0.2, 0.25) is 0 Å². The largest absolute Gasteiger partial charge is 0.494 e. The van der Waals surface area contributed by atoms with Gasteiger partial charge in [0.1, 0.15) is 5.75 Å². The van der Waals surface area contributed by atoms with E-state index in [1.165, 1.54) is 9.99 Å². The monoisotopic (exact) mass is 276 g/mol. The van der Waals surface area contributed by atoms with Gasteiger partial charge in [0.25, 0.3) is 0 Å². The minimum absolute atomic E-state index is 0.830. The Morgan fingerprint density at radius 3 is 2.50 bits per heavy atom. The lowest BCUT2D eigenvalue weighted by Gasteiger charge is -2.04. The third kappa shape index (κ3) is 3.43. The fourth-order valence-corrected chi connectivity index (χ4v) is 1.22. The maximum atomic E-state index is 5.50. The van der Waals surface area contributed by atoms with Gasteiger partial charge in [-0.2, -0.15) is 0 Å². The Balaban J connectivity index is 2.37. The van der Waals surface area contributed by atoms with Crippen LogP contribution in [0.15, 0.2) is 24.3 Å². The van der Waals surface area contributed by atoms with Gasteiger partial charge in [-0.15, -0.1) is 0 Å². The molecule has 0 spiro atoms. The topological polar surface area (TPSA) is 9.23 Å². The van der Waals surface area contributed by atoms with Gasteiger partial charge in [0.05, 0.1) is 6.61 Å². The Kier molecular flexibility index (Phi) is 4.43. The molecule has 0 amide bonds. The van der Waals surface area contributed by atoms with Crippen molar-refractivity contribution < 1.29 is 4.74 Å². The zero-order valence-electron chi connectivity index (χ0n) is 7.22. The predicted octanol–water partition coefficient (Wildman–Crippen LogP) is 3.47. The van der Waals surface area contributed by atoms with Crippen LogP contribution in [0, 0.1) is 3.57 Å². The smallest absolute Gasteiger partial charge is 0.119 e. The van der Waals surface area contributed by atoms with Crippen molar-refractivity contribution in [3.8, 4) is 5.75 Å². The van der Waals surface area contributed by atoms with Gasteiger partial charge in [-0.05, 0) is 53.3 Å². The van der Waals surface area contributed by atoms with E-state index in [9.17, 15) is 0 Å². The molecule has 0 unspecified atom stereocenters. The standard InChI is InChI=1S/C10H13IO/c1-2-3-8-12-10-6-4-9(11)5-7-10/h4-7H,2-3,8H2,1H3. The maximum Gasteiger partial charge on any atom is 0.119 e. The summed E-state index contributed by atoms with van der Waals surface area (Å²) >= 11 is 2.29. The number of halogens is 1. The molecule has 0 aliphatic carbocycles. The van der Waals surface area contributed by atoms with Gasteiger partial charge < -0.3 is 4.74 Å². The molecule has 0 aliphatic heterocycles. The fraction of sp³-hybridized carbons (Fsp3) is 0.400. The summed E-state index contributed by atoms with van der Waals surface area (Å²) in [5, 5.41) is 0. The maximum absolute atomic E-state index is 5.50. The highest BCUT2D eigenvalue weighted by Crippen LogP contribution is 2.13. The Hall–Kier alpha value is -0.250. The third-order valence-electron chi connectivity index (χ3n) is 1.58. The second-order valence-electron chi connectivity index (χ2n) is 2.66. The van der Waals surface area contributed by atoms with Crippen molar-refractivity contribution in [1.82, 2.24) is 0 Å². The molecular weight excluding hydrogens is 263 g/mol. The molecule has 1 nitrogen and oxygen atoms in total. The van der Waals surface area contributed by atoms with E-state index < -0.39 is 0 Å². The molecule has 0 aromatic heterocycles. The minimum atomic E-state index is 0.830. The number of hydrogen-bond acceptors (Lipinski definition) is 1. The molecule has 1 aromatic rings. The summed E-state index contributed by atoms with van der Waals surface area (Å²) in [6, 6.07) is 8.14. The highest BCUT2D eigenvalue weighted by molar-refractivity contribution is 14.1. The molecule has 0 N–H and O–H groups in total. The first kappa shape index (κ1) is 9.84. The molecule has 0 radical (unpaired) electrons. The van der Waals surface area contributed by atoms with Gasteiger partial charge in [-0.1, -0.05) is 13.3 Å². The zero-order valence-corrected chi connectivity index (χ0v) is 9.37. The van der Waals surface area contributed by atoms with E-state index in [1.807, 2.05) is 12.1 Å². The summed E-state index contributed by atoms with van der Waals surface area (Å²) in [7, 11) is 0. The molecule has 12 heavy (non-hydrogen) atoms. The van der Waals surface area contributed by atoms with Gasteiger partial charge in [-0.25, -0.2) is 0 Å². The SMILES string of the molecule is CCCCOc1ccc(I)cc1. The Morgan fingerprint density at radius 1 is 1.25 bits per heavy atom. The average Bonchev–Trinajstić information content (AvgIpc) is 2.09. The molecule has 0 bridgehead atoms. The minimum Gasteiger partial charge on any atom is -0.494 e. The average molecular weight is 276 g/mol. The fourth-order valence-electron chi connectivity index (χ4n) is 0.865. The van der Waals surface area contributed by atoms with Crippen molar-refractivity contribution in [2.75, 3.05) is 6.61 Å². The number of rotatable bonds is 4. The number of benzene rings is 1. The van der Waals surface area contributed by atoms with Crippen LogP contribution in [0.4, 0.5) is 0 Å². The summed E-state index contributed by atoms with van der Waals surface area (Å²) < 4.78 is 6.74. The number of unbranched alkanes of at least 4 members (excludes halogenated alkanes) is 1.